The van der Waals surface area contributed by atoms with Crippen molar-refractivity contribution in [3.63, 3.8) is 0 Å². The van der Waals surface area contributed by atoms with Crippen molar-refractivity contribution in [2.75, 3.05) is 32.9 Å². The van der Waals surface area contributed by atoms with E-state index in [1.165, 1.54) is 16.4 Å². The molecule has 0 aromatic heterocycles. The van der Waals surface area contributed by atoms with Gasteiger partial charge in [-0.1, -0.05) is 0 Å². The van der Waals surface area contributed by atoms with E-state index >= 15 is 0 Å². The van der Waals surface area contributed by atoms with Crippen LogP contribution in [0.4, 0.5) is 10.1 Å². The predicted molar refractivity (Wildman–Crippen MR) is 76.3 cm³/mol. The molecule has 1 fully saturated rings. The van der Waals surface area contributed by atoms with Gasteiger partial charge in [0, 0.05) is 19.1 Å². The number of nitrogen functional groups attached to an aromatic ring is 1. The van der Waals surface area contributed by atoms with Gasteiger partial charge in [0.15, 0.2) is 0 Å². The molecule has 2 N–H and O–H groups in total. The quantitative estimate of drug-likeness (QED) is 0.850. The van der Waals surface area contributed by atoms with Gasteiger partial charge < -0.3 is 10.6 Å². The van der Waals surface area contributed by atoms with Crippen LogP contribution in [0.5, 0.6) is 0 Å². The van der Waals surface area contributed by atoms with E-state index in [2.05, 4.69) is 4.90 Å². The lowest BCUT2D eigenvalue weighted by molar-refractivity contribution is 0.196. The summed E-state index contributed by atoms with van der Waals surface area (Å²) in [6, 6.07) is 4.02. The highest BCUT2D eigenvalue weighted by atomic mass is 32.2. The average molecular weight is 301 g/mol. The van der Waals surface area contributed by atoms with Crippen LogP contribution in [0.25, 0.3) is 0 Å². The minimum Gasteiger partial charge on any atom is -0.396 e. The number of anilines is 1. The molecule has 2 rings (SSSR count). The Hall–Kier alpha value is -1.18. The molecule has 20 heavy (non-hydrogen) atoms. The van der Waals surface area contributed by atoms with E-state index in [4.69, 9.17) is 5.73 Å². The Morgan fingerprint density at radius 1 is 1.30 bits per heavy atom. The first kappa shape index (κ1) is 15.2. The predicted octanol–water partition coefficient (Wildman–Crippen LogP) is 1.12. The summed E-state index contributed by atoms with van der Waals surface area (Å²) >= 11 is 0. The van der Waals surface area contributed by atoms with E-state index in [0.29, 0.717) is 19.1 Å². The van der Waals surface area contributed by atoms with Crippen molar-refractivity contribution in [1.82, 2.24) is 9.21 Å². The summed E-state index contributed by atoms with van der Waals surface area (Å²) in [5, 5.41) is 0. The summed E-state index contributed by atoms with van der Waals surface area (Å²) in [6.45, 7) is 0.911. The van der Waals surface area contributed by atoms with Crippen molar-refractivity contribution in [2.45, 2.75) is 23.8 Å². The third-order valence-corrected chi connectivity index (χ3v) is 5.66. The molecule has 0 bridgehead atoms. The number of nitrogens with zero attached hydrogens (tertiary/aromatic N) is 2. The Morgan fingerprint density at radius 2 is 1.90 bits per heavy atom. The number of hydrogen-bond donors (Lipinski definition) is 1. The molecule has 5 nitrogen and oxygen atoms in total. The minimum absolute atomic E-state index is 0.0347. The van der Waals surface area contributed by atoms with E-state index in [9.17, 15) is 12.8 Å². The molecule has 0 amide bonds. The zero-order valence-electron chi connectivity index (χ0n) is 11.7. The molecule has 1 aliphatic heterocycles. The minimum atomic E-state index is -3.63. The molecular weight excluding hydrogens is 281 g/mol. The van der Waals surface area contributed by atoms with Crippen LogP contribution in [0.3, 0.4) is 0 Å². The van der Waals surface area contributed by atoms with Crippen LogP contribution in [0.2, 0.25) is 0 Å². The van der Waals surface area contributed by atoms with Crippen molar-refractivity contribution in [3.8, 4) is 0 Å². The summed E-state index contributed by atoms with van der Waals surface area (Å²) < 4.78 is 39.7. The van der Waals surface area contributed by atoms with E-state index < -0.39 is 15.8 Å². The standard InChI is InChI=1S/C13H20FN3O2S/c1-16(2)10-5-7-17(8-6-10)20(18,19)11-3-4-13(15)12(14)9-11/h3-4,9-10H,5-8,15H2,1-2H3. The van der Waals surface area contributed by atoms with Gasteiger partial charge in [-0.2, -0.15) is 4.31 Å². The topological polar surface area (TPSA) is 66.6 Å². The maximum Gasteiger partial charge on any atom is 0.243 e. The summed E-state index contributed by atoms with van der Waals surface area (Å²) in [4.78, 5) is 2.07. The average Bonchev–Trinajstić information content (AvgIpc) is 2.41. The number of rotatable bonds is 3. The first-order valence-corrected chi connectivity index (χ1v) is 7.98. The van der Waals surface area contributed by atoms with Crippen molar-refractivity contribution in [3.05, 3.63) is 24.0 Å². The van der Waals surface area contributed by atoms with Gasteiger partial charge in [0.1, 0.15) is 5.82 Å². The molecule has 0 saturated carbocycles. The Bertz CT molecular complexity index is 581. The highest BCUT2D eigenvalue weighted by Gasteiger charge is 2.30. The zero-order valence-corrected chi connectivity index (χ0v) is 12.5. The first-order valence-electron chi connectivity index (χ1n) is 6.54. The Morgan fingerprint density at radius 3 is 2.40 bits per heavy atom. The lowest BCUT2D eigenvalue weighted by Crippen LogP contribution is -2.44. The number of benzene rings is 1. The maximum atomic E-state index is 13.4. The second-order valence-corrected chi connectivity index (χ2v) is 7.22. The molecule has 0 spiro atoms. The van der Waals surface area contributed by atoms with Crippen LogP contribution >= 0.6 is 0 Å². The van der Waals surface area contributed by atoms with Gasteiger partial charge in [-0.15, -0.1) is 0 Å². The zero-order chi connectivity index (χ0) is 14.9. The largest absolute Gasteiger partial charge is 0.396 e. The molecule has 1 aromatic rings. The van der Waals surface area contributed by atoms with Crippen molar-refractivity contribution < 1.29 is 12.8 Å². The monoisotopic (exact) mass is 301 g/mol. The molecule has 1 heterocycles. The fraction of sp³-hybridized carbons (Fsp3) is 0.538. The van der Waals surface area contributed by atoms with Crippen LogP contribution in [0.1, 0.15) is 12.8 Å². The fourth-order valence-electron chi connectivity index (χ4n) is 2.42. The molecule has 0 aliphatic carbocycles. The molecular formula is C13H20FN3O2S. The number of sulfonamides is 1. The normalized spacial score (nSPS) is 18.6. The van der Waals surface area contributed by atoms with E-state index in [0.717, 1.165) is 18.9 Å². The lowest BCUT2D eigenvalue weighted by atomic mass is 10.1. The molecule has 1 saturated heterocycles. The summed E-state index contributed by atoms with van der Waals surface area (Å²) in [5.41, 5.74) is 5.33. The van der Waals surface area contributed by atoms with Crippen LogP contribution in [-0.2, 0) is 10.0 Å². The van der Waals surface area contributed by atoms with Crippen LogP contribution in [-0.4, -0.2) is 50.8 Å². The van der Waals surface area contributed by atoms with Gasteiger partial charge in [-0.3, -0.25) is 0 Å². The fourth-order valence-corrected chi connectivity index (χ4v) is 3.90. The van der Waals surface area contributed by atoms with Crippen molar-refractivity contribution in [1.29, 1.82) is 0 Å². The van der Waals surface area contributed by atoms with Gasteiger partial charge in [0.25, 0.3) is 0 Å². The summed E-state index contributed by atoms with van der Waals surface area (Å²) in [5.74, 6) is -0.700. The van der Waals surface area contributed by atoms with Gasteiger partial charge in [0.05, 0.1) is 10.6 Å². The lowest BCUT2D eigenvalue weighted by Gasteiger charge is -2.34. The number of nitrogens with two attached hydrogens (primary N) is 1. The first-order chi connectivity index (χ1) is 9.32. The van der Waals surface area contributed by atoms with Crippen LogP contribution in [0, 0.1) is 5.82 Å². The Kier molecular flexibility index (Phi) is 4.31. The third-order valence-electron chi connectivity index (χ3n) is 3.76. The Labute approximate surface area is 119 Å². The third kappa shape index (κ3) is 2.94. The van der Waals surface area contributed by atoms with Gasteiger partial charge in [-0.25, -0.2) is 12.8 Å². The van der Waals surface area contributed by atoms with E-state index in [-0.39, 0.29) is 10.6 Å². The highest BCUT2D eigenvalue weighted by Crippen LogP contribution is 2.24. The molecule has 7 heteroatoms. The molecule has 112 valence electrons. The van der Waals surface area contributed by atoms with E-state index in [1.54, 1.807) is 0 Å². The van der Waals surface area contributed by atoms with Crippen LogP contribution < -0.4 is 5.73 Å². The molecule has 0 radical (unpaired) electrons. The second-order valence-electron chi connectivity index (χ2n) is 5.28. The van der Waals surface area contributed by atoms with E-state index in [1.807, 2.05) is 14.1 Å². The summed E-state index contributed by atoms with van der Waals surface area (Å²) in [7, 11) is 0.349. The smallest absolute Gasteiger partial charge is 0.243 e. The van der Waals surface area contributed by atoms with Crippen molar-refractivity contribution in [2.24, 2.45) is 0 Å². The molecule has 0 unspecified atom stereocenters. The Balaban J connectivity index is 2.17. The van der Waals surface area contributed by atoms with Gasteiger partial charge in [0.2, 0.25) is 10.0 Å². The molecule has 1 aliphatic rings. The summed E-state index contributed by atoms with van der Waals surface area (Å²) in [6.07, 6.45) is 1.56. The number of piperidine rings is 1. The second kappa shape index (κ2) is 5.67. The highest BCUT2D eigenvalue weighted by molar-refractivity contribution is 7.89. The van der Waals surface area contributed by atoms with Crippen LogP contribution in [0.15, 0.2) is 23.1 Å². The molecule has 0 atom stereocenters. The van der Waals surface area contributed by atoms with Gasteiger partial charge in [-0.05, 0) is 45.1 Å². The molecule has 1 aromatic carbocycles. The maximum absolute atomic E-state index is 13.4. The number of hydrogen-bond acceptors (Lipinski definition) is 4. The SMILES string of the molecule is CN(C)C1CCN(S(=O)(=O)c2ccc(N)c(F)c2)CC1. The van der Waals surface area contributed by atoms with Gasteiger partial charge >= 0.3 is 0 Å². The van der Waals surface area contributed by atoms with Crippen molar-refractivity contribution >= 4 is 15.7 Å². The number of halogens is 1.